The van der Waals surface area contributed by atoms with Crippen molar-refractivity contribution in [1.29, 1.82) is 0 Å². The zero-order chi connectivity index (χ0) is 20.6. The number of hydrogen-bond donors (Lipinski definition) is 1. The van der Waals surface area contributed by atoms with Crippen LogP contribution in [0, 0.1) is 0 Å². The van der Waals surface area contributed by atoms with Crippen molar-refractivity contribution in [1.82, 2.24) is 4.72 Å². The Hall–Kier alpha value is -2.43. The molecule has 0 saturated heterocycles. The summed E-state index contributed by atoms with van der Waals surface area (Å²) < 4.78 is 39.9. The van der Waals surface area contributed by atoms with Crippen molar-refractivity contribution >= 4 is 33.1 Å². The van der Waals surface area contributed by atoms with Crippen molar-refractivity contribution in [3.8, 4) is 11.5 Å². The lowest BCUT2D eigenvalue weighted by Gasteiger charge is -2.09. The van der Waals surface area contributed by atoms with Gasteiger partial charge in [-0.3, -0.25) is 4.79 Å². The maximum absolute atomic E-state index is 12.1. The van der Waals surface area contributed by atoms with Gasteiger partial charge in [0.25, 0.3) is 0 Å². The highest BCUT2D eigenvalue weighted by Gasteiger charge is 2.14. The first kappa shape index (κ1) is 21.9. The summed E-state index contributed by atoms with van der Waals surface area (Å²) in [6, 6.07) is 10.2. The number of carbonyl (C=O) groups is 2. The molecule has 0 aliphatic carbocycles. The van der Waals surface area contributed by atoms with E-state index in [0.29, 0.717) is 22.8 Å². The molecule has 0 radical (unpaired) electrons. The van der Waals surface area contributed by atoms with Crippen molar-refractivity contribution in [3.63, 3.8) is 0 Å². The summed E-state index contributed by atoms with van der Waals surface area (Å²) in [7, 11) is -1.75. The fourth-order valence-corrected chi connectivity index (χ4v) is 3.56. The molecular weight excluding hydrogens is 406 g/mol. The number of rotatable bonds is 11. The first-order valence-electron chi connectivity index (χ1n) is 8.26. The monoisotopic (exact) mass is 427 g/mol. The number of carbonyl (C=O) groups excluding carboxylic acids is 2. The van der Waals surface area contributed by atoms with Crippen LogP contribution in [0.4, 0.5) is 0 Å². The molecule has 0 aliphatic heterocycles. The van der Waals surface area contributed by atoms with Gasteiger partial charge in [0.05, 0.1) is 18.2 Å². The normalized spacial score (nSPS) is 11.1. The Morgan fingerprint density at radius 1 is 1.07 bits per heavy atom. The average Bonchev–Trinajstić information content (AvgIpc) is 3.12. The maximum Gasteiger partial charge on any atom is 0.344 e. The van der Waals surface area contributed by atoms with Crippen molar-refractivity contribution in [2.24, 2.45) is 0 Å². The van der Waals surface area contributed by atoms with E-state index in [1.807, 2.05) is 0 Å². The van der Waals surface area contributed by atoms with Crippen molar-refractivity contribution in [2.75, 3.05) is 33.1 Å². The second-order valence-corrected chi connectivity index (χ2v) is 8.71. The number of benzene rings is 1. The number of ketones is 1. The number of thiophene rings is 1. The number of nitrogens with one attached hydrogen (secondary N) is 1. The van der Waals surface area contributed by atoms with Gasteiger partial charge < -0.3 is 14.2 Å². The Kier molecular flexibility index (Phi) is 7.97. The number of Topliss-reactive ketones (excluding diaryl/α,β-unsaturated/α-hetero) is 1. The Morgan fingerprint density at radius 3 is 2.46 bits per heavy atom. The lowest BCUT2D eigenvalue weighted by Crippen LogP contribution is -2.24. The molecule has 1 aromatic carbocycles. The van der Waals surface area contributed by atoms with Crippen LogP contribution in [-0.2, 0) is 26.0 Å². The molecule has 1 aromatic heterocycles. The van der Waals surface area contributed by atoms with Crippen LogP contribution in [0.3, 0.4) is 0 Å². The number of para-hydroxylation sites is 2. The molecule has 8 nitrogen and oxygen atoms in total. The molecule has 1 heterocycles. The van der Waals surface area contributed by atoms with Gasteiger partial charge in [-0.2, -0.15) is 0 Å². The molecule has 0 spiro atoms. The van der Waals surface area contributed by atoms with Gasteiger partial charge in [0.1, 0.15) is 0 Å². The van der Waals surface area contributed by atoms with Gasteiger partial charge in [-0.25, -0.2) is 17.9 Å². The topological polar surface area (TPSA) is 108 Å². The van der Waals surface area contributed by atoms with Crippen LogP contribution in [0.1, 0.15) is 14.5 Å². The second kappa shape index (κ2) is 10.2. The summed E-state index contributed by atoms with van der Waals surface area (Å²) in [5, 5.41) is 0. The minimum Gasteiger partial charge on any atom is -0.493 e. The van der Waals surface area contributed by atoms with E-state index in [-0.39, 0.29) is 18.9 Å². The van der Waals surface area contributed by atoms with Crippen LogP contribution in [0.25, 0.3) is 0 Å². The molecule has 28 heavy (non-hydrogen) atoms. The van der Waals surface area contributed by atoms with E-state index in [9.17, 15) is 18.0 Å². The van der Waals surface area contributed by atoms with Crippen LogP contribution in [-0.4, -0.2) is 53.3 Å². The predicted molar refractivity (Wildman–Crippen MR) is 105 cm³/mol. The SMILES string of the molecule is COc1ccccc1OCC(=O)OCC(=O)c1ccc(CCNS(C)(=O)=O)s1. The van der Waals surface area contributed by atoms with Gasteiger partial charge in [0.2, 0.25) is 15.8 Å². The highest BCUT2D eigenvalue weighted by Crippen LogP contribution is 2.25. The van der Waals surface area contributed by atoms with Crippen LogP contribution in [0.2, 0.25) is 0 Å². The molecule has 0 aliphatic rings. The summed E-state index contributed by atoms with van der Waals surface area (Å²) in [6.07, 6.45) is 1.56. The largest absolute Gasteiger partial charge is 0.493 e. The van der Waals surface area contributed by atoms with Gasteiger partial charge in [-0.15, -0.1) is 11.3 Å². The summed E-state index contributed by atoms with van der Waals surface area (Å²) in [6.45, 7) is -0.488. The van der Waals surface area contributed by atoms with E-state index in [4.69, 9.17) is 14.2 Å². The Morgan fingerprint density at radius 2 is 1.79 bits per heavy atom. The van der Waals surface area contributed by atoms with E-state index in [1.165, 1.54) is 18.4 Å². The van der Waals surface area contributed by atoms with Crippen molar-refractivity contribution in [2.45, 2.75) is 6.42 Å². The van der Waals surface area contributed by atoms with E-state index in [0.717, 1.165) is 11.1 Å². The quantitative estimate of drug-likeness (QED) is 0.429. The second-order valence-electron chi connectivity index (χ2n) is 5.71. The van der Waals surface area contributed by atoms with Crippen molar-refractivity contribution in [3.05, 3.63) is 46.2 Å². The Labute approximate surface area is 167 Å². The molecule has 0 fully saturated rings. The third-order valence-electron chi connectivity index (χ3n) is 3.45. The maximum atomic E-state index is 12.1. The van der Waals surface area contributed by atoms with Gasteiger partial charge in [-0.05, 0) is 30.7 Å². The highest BCUT2D eigenvalue weighted by molar-refractivity contribution is 7.88. The third-order valence-corrected chi connectivity index (χ3v) is 5.37. The molecule has 0 saturated carbocycles. The van der Waals surface area contributed by atoms with Gasteiger partial charge in [-0.1, -0.05) is 12.1 Å². The fourth-order valence-electron chi connectivity index (χ4n) is 2.16. The summed E-state index contributed by atoms with van der Waals surface area (Å²) in [5.41, 5.74) is 0. The first-order valence-corrected chi connectivity index (χ1v) is 11.0. The standard InChI is InChI=1S/C18H21NO7S2/c1-24-15-5-3-4-6-16(15)25-12-18(21)26-11-14(20)17-8-7-13(27-17)9-10-19-28(2,22)23/h3-8,19H,9-12H2,1-2H3. The van der Waals surface area contributed by atoms with E-state index < -0.39 is 22.6 Å². The van der Waals surface area contributed by atoms with Gasteiger partial charge >= 0.3 is 5.97 Å². The fraction of sp³-hybridized carbons (Fsp3) is 0.333. The number of sulfonamides is 1. The van der Waals surface area contributed by atoms with Crippen LogP contribution < -0.4 is 14.2 Å². The lowest BCUT2D eigenvalue weighted by atomic mass is 10.3. The molecule has 0 amide bonds. The Balaban J connectivity index is 1.76. The summed E-state index contributed by atoms with van der Waals surface area (Å²) in [5.74, 6) is -0.118. The third kappa shape index (κ3) is 7.29. The zero-order valence-electron chi connectivity index (χ0n) is 15.5. The molecular formula is C18H21NO7S2. The first-order chi connectivity index (χ1) is 13.3. The number of esters is 1. The van der Waals surface area contributed by atoms with Gasteiger partial charge in [0.15, 0.2) is 24.7 Å². The molecule has 0 bridgehead atoms. The Bertz CT molecular complexity index is 922. The van der Waals surface area contributed by atoms with Crippen LogP contribution in [0.15, 0.2) is 36.4 Å². The summed E-state index contributed by atoms with van der Waals surface area (Å²) in [4.78, 5) is 25.2. The molecule has 10 heteroatoms. The number of ether oxygens (including phenoxy) is 3. The average molecular weight is 428 g/mol. The smallest absolute Gasteiger partial charge is 0.344 e. The molecule has 2 aromatic rings. The number of methoxy groups -OCH3 is 1. The zero-order valence-corrected chi connectivity index (χ0v) is 17.1. The van der Waals surface area contributed by atoms with Crippen molar-refractivity contribution < 1.29 is 32.2 Å². The van der Waals surface area contributed by atoms with E-state index in [2.05, 4.69) is 4.72 Å². The van der Waals surface area contributed by atoms with E-state index in [1.54, 1.807) is 36.4 Å². The lowest BCUT2D eigenvalue weighted by molar-refractivity contribution is -0.144. The number of hydrogen-bond acceptors (Lipinski definition) is 8. The van der Waals surface area contributed by atoms with Gasteiger partial charge in [0, 0.05) is 11.4 Å². The summed E-state index contributed by atoms with van der Waals surface area (Å²) >= 11 is 1.23. The predicted octanol–water partition coefficient (Wildman–Crippen LogP) is 1.65. The molecule has 1 N–H and O–H groups in total. The molecule has 2 rings (SSSR count). The molecule has 0 atom stereocenters. The highest BCUT2D eigenvalue weighted by atomic mass is 32.2. The molecule has 0 unspecified atom stereocenters. The van der Waals surface area contributed by atoms with Crippen LogP contribution in [0.5, 0.6) is 11.5 Å². The minimum atomic E-state index is -3.24. The van der Waals surface area contributed by atoms with E-state index >= 15 is 0 Å². The minimum absolute atomic E-state index is 0.252. The van der Waals surface area contributed by atoms with Crippen LogP contribution >= 0.6 is 11.3 Å². The molecule has 152 valence electrons.